The number of hydrogen-bond donors (Lipinski definition) is 0. The molecule has 0 radical (unpaired) electrons. The zero-order valence-corrected chi connectivity index (χ0v) is 11.7. The van der Waals surface area contributed by atoms with E-state index in [2.05, 4.69) is 19.1 Å². The van der Waals surface area contributed by atoms with Crippen molar-refractivity contribution in [1.29, 1.82) is 0 Å². The van der Waals surface area contributed by atoms with Crippen molar-refractivity contribution in [1.82, 2.24) is 0 Å². The van der Waals surface area contributed by atoms with Crippen LogP contribution < -0.4 is 0 Å². The minimum Gasteiger partial charge on any atom is -0.463 e. The lowest BCUT2D eigenvalue weighted by Crippen LogP contribution is -2.15. The topological polar surface area (TPSA) is 26.3 Å². The summed E-state index contributed by atoms with van der Waals surface area (Å²) in [7, 11) is 0. The van der Waals surface area contributed by atoms with Gasteiger partial charge in [0.05, 0.1) is 12.5 Å². The van der Waals surface area contributed by atoms with Gasteiger partial charge < -0.3 is 4.74 Å². The maximum atomic E-state index is 11.8. The van der Waals surface area contributed by atoms with Crippen LogP contribution in [0.5, 0.6) is 0 Å². The summed E-state index contributed by atoms with van der Waals surface area (Å²) in [4.78, 5) is 11.8. The van der Waals surface area contributed by atoms with Crippen LogP contribution in [-0.2, 0) is 9.53 Å². The molecule has 0 bridgehead atoms. The Labute approximate surface area is 110 Å². The summed E-state index contributed by atoms with van der Waals surface area (Å²) < 4.78 is 5.24. The third kappa shape index (κ3) is 5.35. The number of benzene rings is 1. The molecule has 1 aromatic carbocycles. The Morgan fingerprint density at radius 2 is 1.89 bits per heavy atom. The third-order valence-electron chi connectivity index (χ3n) is 2.96. The van der Waals surface area contributed by atoms with Crippen molar-refractivity contribution < 1.29 is 9.53 Å². The van der Waals surface area contributed by atoms with Crippen LogP contribution in [0.15, 0.2) is 30.3 Å². The largest absolute Gasteiger partial charge is 0.463 e. The summed E-state index contributed by atoms with van der Waals surface area (Å²) in [5.41, 5.74) is 1.24. The molecule has 0 aliphatic rings. The molecule has 0 aliphatic carbocycles. The zero-order chi connectivity index (χ0) is 13.4. The highest BCUT2D eigenvalue weighted by Crippen LogP contribution is 2.26. The molecule has 0 aliphatic heterocycles. The van der Waals surface area contributed by atoms with Crippen molar-refractivity contribution in [2.45, 2.75) is 58.5 Å². The van der Waals surface area contributed by atoms with E-state index >= 15 is 0 Å². The fourth-order valence-electron chi connectivity index (χ4n) is 2.07. The van der Waals surface area contributed by atoms with Gasteiger partial charge in [-0.25, -0.2) is 0 Å². The summed E-state index contributed by atoms with van der Waals surface area (Å²) in [6.45, 7) is 5.96. The Morgan fingerprint density at radius 1 is 1.22 bits per heavy atom. The first-order valence-electron chi connectivity index (χ1n) is 6.88. The third-order valence-corrected chi connectivity index (χ3v) is 2.96. The molecular formula is C16H24O2. The van der Waals surface area contributed by atoms with E-state index in [0.717, 1.165) is 19.3 Å². The molecule has 0 N–H and O–H groups in total. The number of rotatable bonds is 7. The average Bonchev–Trinajstić information content (AvgIpc) is 2.34. The Morgan fingerprint density at radius 3 is 2.44 bits per heavy atom. The first kappa shape index (κ1) is 14.7. The van der Waals surface area contributed by atoms with Gasteiger partial charge in [0.2, 0.25) is 0 Å². The van der Waals surface area contributed by atoms with Gasteiger partial charge in [0.25, 0.3) is 0 Å². The molecule has 0 fully saturated rings. The minimum absolute atomic E-state index is 0.0277. The fraction of sp³-hybridized carbons (Fsp3) is 0.562. The molecule has 1 aromatic rings. The smallest absolute Gasteiger partial charge is 0.306 e. The second kappa shape index (κ2) is 7.91. The molecule has 0 spiro atoms. The van der Waals surface area contributed by atoms with E-state index in [1.165, 1.54) is 5.56 Å². The predicted octanol–water partition coefficient (Wildman–Crippen LogP) is 4.30. The van der Waals surface area contributed by atoms with Gasteiger partial charge in [-0.1, -0.05) is 50.1 Å². The maximum Gasteiger partial charge on any atom is 0.306 e. The summed E-state index contributed by atoms with van der Waals surface area (Å²) in [6.07, 6.45) is 3.81. The zero-order valence-electron chi connectivity index (χ0n) is 11.7. The Kier molecular flexibility index (Phi) is 6.48. The highest BCUT2D eigenvalue weighted by Gasteiger charge is 2.17. The van der Waals surface area contributed by atoms with Gasteiger partial charge in [-0.05, 0) is 31.7 Å². The molecule has 2 nitrogen and oxygen atoms in total. The van der Waals surface area contributed by atoms with Gasteiger partial charge in [0.1, 0.15) is 0 Å². The molecular weight excluding hydrogens is 224 g/mol. The summed E-state index contributed by atoms with van der Waals surface area (Å²) in [5, 5.41) is 0. The minimum atomic E-state index is -0.0880. The van der Waals surface area contributed by atoms with Gasteiger partial charge in [-0.3, -0.25) is 4.79 Å². The van der Waals surface area contributed by atoms with Crippen LogP contribution in [0.1, 0.15) is 57.9 Å². The lowest BCUT2D eigenvalue weighted by molar-refractivity contribution is -0.147. The Bertz CT molecular complexity index is 343. The quantitative estimate of drug-likeness (QED) is 0.672. The Balaban J connectivity index is 2.64. The van der Waals surface area contributed by atoms with Crippen LogP contribution in [0.3, 0.4) is 0 Å². The molecule has 18 heavy (non-hydrogen) atoms. The van der Waals surface area contributed by atoms with Crippen molar-refractivity contribution in [3.8, 4) is 0 Å². The molecule has 1 atom stereocenters. The van der Waals surface area contributed by atoms with Crippen molar-refractivity contribution in [3.63, 3.8) is 0 Å². The molecule has 1 rings (SSSR count). The first-order chi connectivity index (χ1) is 8.63. The van der Waals surface area contributed by atoms with Crippen LogP contribution in [0, 0.1) is 0 Å². The van der Waals surface area contributed by atoms with Crippen molar-refractivity contribution in [3.05, 3.63) is 35.9 Å². The van der Waals surface area contributed by atoms with Crippen LogP contribution in [0.25, 0.3) is 0 Å². The van der Waals surface area contributed by atoms with Gasteiger partial charge >= 0.3 is 5.97 Å². The number of hydrogen-bond acceptors (Lipinski definition) is 2. The number of unbranched alkanes of at least 4 members (excludes halogenated alkanes) is 1. The molecule has 0 heterocycles. The van der Waals surface area contributed by atoms with Gasteiger partial charge in [0.15, 0.2) is 0 Å². The lowest BCUT2D eigenvalue weighted by Gasteiger charge is -2.17. The number of carbonyl (C=O) groups excluding carboxylic acids is 1. The molecule has 0 saturated heterocycles. The number of ether oxygens (including phenoxy) is 1. The SMILES string of the molecule is CCCC[C@H](CC(=O)OC(C)C)c1ccccc1. The summed E-state index contributed by atoms with van der Waals surface area (Å²) >= 11 is 0. The van der Waals surface area contributed by atoms with E-state index in [-0.39, 0.29) is 18.0 Å². The summed E-state index contributed by atoms with van der Waals surface area (Å²) in [6, 6.07) is 10.3. The molecule has 100 valence electrons. The van der Waals surface area contributed by atoms with Crippen LogP contribution in [0.2, 0.25) is 0 Å². The molecule has 0 aromatic heterocycles. The van der Waals surface area contributed by atoms with E-state index in [4.69, 9.17) is 4.74 Å². The monoisotopic (exact) mass is 248 g/mol. The molecule has 0 unspecified atom stereocenters. The number of carbonyl (C=O) groups is 1. The van der Waals surface area contributed by atoms with Crippen molar-refractivity contribution in [2.75, 3.05) is 0 Å². The second-order valence-electron chi connectivity index (χ2n) is 4.99. The van der Waals surface area contributed by atoms with Crippen LogP contribution >= 0.6 is 0 Å². The lowest BCUT2D eigenvalue weighted by atomic mass is 9.91. The highest BCUT2D eigenvalue weighted by molar-refractivity contribution is 5.70. The van der Waals surface area contributed by atoms with Crippen molar-refractivity contribution >= 4 is 5.97 Å². The molecule has 0 saturated carbocycles. The van der Waals surface area contributed by atoms with Crippen LogP contribution in [0.4, 0.5) is 0 Å². The van der Waals surface area contributed by atoms with Gasteiger partial charge in [-0.15, -0.1) is 0 Å². The normalized spacial score (nSPS) is 12.4. The van der Waals surface area contributed by atoms with Crippen LogP contribution in [-0.4, -0.2) is 12.1 Å². The highest BCUT2D eigenvalue weighted by atomic mass is 16.5. The Hall–Kier alpha value is -1.31. The standard InChI is InChI=1S/C16H24O2/c1-4-5-9-15(12-16(17)18-13(2)3)14-10-7-6-8-11-14/h6-8,10-11,13,15H,4-5,9,12H2,1-3H3/t15-/m1/s1. The molecule has 2 heteroatoms. The van der Waals surface area contributed by atoms with Gasteiger partial charge in [0, 0.05) is 0 Å². The van der Waals surface area contributed by atoms with Gasteiger partial charge in [-0.2, -0.15) is 0 Å². The average molecular weight is 248 g/mol. The molecule has 0 amide bonds. The predicted molar refractivity (Wildman–Crippen MR) is 74.6 cm³/mol. The fourth-order valence-corrected chi connectivity index (χ4v) is 2.07. The van der Waals surface area contributed by atoms with E-state index in [1.807, 2.05) is 32.0 Å². The first-order valence-corrected chi connectivity index (χ1v) is 6.88. The summed E-state index contributed by atoms with van der Waals surface area (Å²) in [5.74, 6) is 0.201. The maximum absolute atomic E-state index is 11.8. The van der Waals surface area contributed by atoms with E-state index < -0.39 is 0 Å². The van der Waals surface area contributed by atoms with E-state index in [0.29, 0.717) is 6.42 Å². The van der Waals surface area contributed by atoms with Crippen molar-refractivity contribution in [2.24, 2.45) is 0 Å². The number of esters is 1. The van der Waals surface area contributed by atoms with E-state index in [1.54, 1.807) is 0 Å². The van der Waals surface area contributed by atoms with E-state index in [9.17, 15) is 4.79 Å². The second-order valence-corrected chi connectivity index (χ2v) is 4.99.